The maximum Gasteiger partial charge on any atom is 0.333 e. The summed E-state index contributed by atoms with van der Waals surface area (Å²) in [7, 11) is 0. The van der Waals surface area contributed by atoms with E-state index in [0.29, 0.717) is 0 Å². The molecule has 0 spiro atoms. The van der Waals surface area contributed by atoms with Crippen LogP contribution in [0.2, 0.25) is 0 Å². The number of benzene rings is 13. The second-order valence-electron chi connectivity index (χ2n) is 25.6. The molecule has 4 heteroatoms. The third kappa shape index (κ3) is 7.87. The van der Waals surface area contributed by atoms with Crippen molar-refractivity contribution in [3.8, 4) is 11.1 Å². The van der Waals surface area contributed by atoms with Crippen LogP contribution in [0.4, 0.5) is 34.1 Å². The molecule has 1 aromatic heterocycles. The molecule has 3 heterocycles. The average molecular weight is 1080 g/mol. The van der Waals surface area contributed by atoms with Crippen molar-refractivity contribution in [2.75, 3.05) is 9.80 Å². The minimum absolute atomic E-state index is 0.133. The molecule has 0 N–H and O–H groups in total. The summed E-state index contributed by atoms with van der Waals surface area (Å²) in [5.74, 6) is 0. The molecule has 13 aromatic carbocycles. The predicted octanol–water partition coefficient (Wildman–Crippen LogP) is 20.1. The van der Waals surface area contributed by atoms with E-state index in [1.165, 1.54) is 137 Å². The highest BCUT2D eigenvalue weighted by Crippen LogP contribution is 2.53. The Kier molecular flexibility index (Phi) is 11.3. The first-order chi connectivity index (χ1) is 40.9. The van der Waals surface area contributed by atoms with E-state index in [2.05, 4.69) is 311 Å². The van der Waals surface area contributed by atoms with Crippen LogP contribution in [0.3, 0.4) is 0 Å². The molecule has 0 atom stereocenters. The van der Waals surface area contributed by atoms with Crippen molar-refractivity contribution >= 4 is 117 Å². The van der Waals surface area contributed by atoms with Crippen LogP contribution in [0.1, 0.15) is 74.9 Å². The Balaban J connectivity index is 1.13. The lowest BCUT2D eigenvalue weighted by atomic mass is 9.44. The summed E-state index contributed by atoms with van der Waals surface area (Å²) in [4.78, 5) is 5.18. The second kappa shape index (κ2) is 19.0. The third-order valence-electron chi connectivity index (χ3n) is 18.5. The van der Waals surface area contributed by atoms with Gasteiger partial charge in [0.1, 0.15) is 0 Å². The first kappa shape index (κ1) is 50.1. The molecule has 2 aliphatic heterocycles. The number of rotatable bonds is 8. The van der Waals surface area contributed by atoms with Crippen LogP contribution in [0, 0.1) is 0 Å². The molecule has 0 aliphatic carbocycles. The van der Waals surface area contributed by atoms with E-state index in [4.69, 9.17) is 0 Å². The molecule has 84 heavy (non-hydrogen) atoms. The van der Waals surface area contributed by atoms with Crippen molar-refractivity contribution in [1.82, 2.24) is 4.48 Å². The Morgan fingerprint density at radius 3 is 1.45 bits per heavy atom. The van der Waals surface area contributed by atoms with Gasteiger partial charge in [0.25, 0.3) is 0 Å². The van der Waals surface area contributed by atoms with E-state index < -0.39 is 0 Å². The van der Waals surface area contributed by atoms with Gasteiger partial charge in [0.2, 0.25) is 0 Å². The van der Waals surface area contributed by atoms with Crippen molar-refractivity contribution in [3.05, 3.63) is 288 Å². The normalized spacial score (nSPS) is 12.9. The monoisotopic (exact) mass is 1080 g/mol. The van der Waals surface area contributed by atoms with Gasteiger partial charge in [-0.25, -0.2) is 0 Å². The van der Waals surface area contributed by atoms with E-state index >= 15 is 0 Å². The number of nitrogens with zero attached hydrogens (tertiary/aromatic N) is 3. The fourth-order valence-electron chi connectivity index (χ4n) is 14.4. The number of fused-ring (bicyclic) bond motifs is 13. The first-order valence-corrected chi connectivity index (χ1v) is 29.9. The van der Waals surface area contributed by atoms with Crippen molar-refractivity contribution in [1.29, 1.82) is 0 Å². The lowest BCUT2D eigenvalue weighted by Gasteiger charge is -2.42. The standard InChI is InChI=1S/C80H64BN3/c1-79(2,3)55-44-56(80(4,5)6)46-59(45-55)83-73-50-68-66(42-52-27-13-8-14-28-52)64-38-24-23-37-63(64)65(41-51-25-11-7-12-26-51)67(68)49-71(73)81-77-69(47-60(48-74(77)83)82(57-31-15-9-16-32-57)58-33-17-10-18-34-58)70-43-54-30-20-22-36-62(54)76-75-61-35-21-19-29-53(61)39-40-72(75)84(81)78(70)76/h7-40,43-50H,41-42H2,1-6H3. The topological polar surface area (TPSA) is 11.4 Å². The smallest absolute Gasteiger partial charge is 0.333 e. The van der Waals surface area contributed by atoms with Crippen LogP contribution >= 0.6 is 0 Å². The Hall–Kier alpha value is -9.64. The highest BCUT2D eigenvalue weighted by atomic mass is 15.2. The summed E-state index contributed by atoms with van der Waals surface area (Å²) in [5, 5.41) is 12.9. The molecule has 0 radical (unpaired) electrons. The Morgan fingerprint density at radius 1 is 0.381 bits per heavy atom. The van der Waals surface area contributed by atoms with Crippen LogP contribution in [-0.2, 0) is 23.7 Å². The highest BCUT2D eigenvalue weighted by Gasteiger charge is 2.45. The molecular weight excluding hydrogens is 1010 g/mol. The van der Waals surface area contributed by atoms with Crippen molar-refractivity contribution in [3.63, 3.8) is 0 Å². The molecule has 16 rings (SSSR count). The second-order valence-corrected chi connectivity index (χ2v) is 25.6. The minimum atomic E-state index is -0.210. The lowest BCUT2D eigenvalue weighted by molar-refractivity contribution is 0.569. The number of hydrogen-bond acceptors (Lipinski definition) is 2. The van der Waals surface area contributed by atoms with Gasteiger partial charge in [-0.05, 0) is 183 Å². The Bertz CT molecular complexity index is 4900. The molecular formula is C80H64BN3. The summed E-state index contributed by atoms with van der Waals surface area (Å²) in [6, 6.07) is 96.8. The van der Waals surface area contributed by atoms with Crippen LogP contribution < -0.4 is 20.7 Å². The minimum Gasteiger partial charge on any atom is -0.375 e. The van der Waals surface area contributed by atoms with Crippen molar-refractivity contribution in [2.24, 2.45) is 0 Å². The Labute approximate surface area is 492 Å². The van der Waals surface area contributed by atoms with Gasteiger partial charge in [-0.3, -0.25) is 0 Å². The first-order valence-electron chi connectivity index (χ1n) is 29.9. The maximum atomic E-state index is 2.79. The zero-order valence-corrected chi connectivity index (χ0v) is 48.6. The van der Waals surface area contributed by atoms with E-state index in [-0.39, 0.29) is 17.7 Å². The van der Waals surface area contributed by atoms with Gasteiger partial charge in [0, 0.05) is 61.5 Å². The molecule has 2 aliphatic rings. The lowest BCUT2D eigenvalue weighted by Crippen LogP contribution is -2.56. The molecule has 14 aromatic rings. The predicted molar refractivity (Wildman–Crippen MR) is 361 cm³/mol. The van der Waals surface area contributed by atoms with E-state index in [1.54, 1.807) is 0 Å². The molecule has 0 unspecified atom stereocenters. The summed E-state index contributed by atoms with van der Waals surface area (Å²) in [5.41, 5.74) is 22.2. The number of hydrogen-bond donors (Lipinski definition) is 0. The van der Waals surface area contributed by atoms with E-state index in [9.17, 15) is 0 Å². The molecule has 0 fully saturated rings. The third-order valence-corrected chi connectivity index (χ3v) is 18.5. The van der Waals surface area contributed by atoms with Gasteiger partial charge < -0.3 is 14.3 Å². The molecule has 3 nitrogen and oxygen atoms in total. The van der Waals surface area contributed by atoms with Crippen LogP contribution in [0.25, 0.3) is 76.0 Å². The number of anilines is 6. The average Bonchev–Trinajstić information content (AvgIpc) is 1.36. The SMILES string of the molecule is CC(C)(C)c1cc(N2c3cc4c(Cc5ccccc5)c5ccccc5c(Cc5ccccc5)c4cc3B3c4c(cc(N(c5ccccc5)c5ccccc5)cc42)-c2cc4ccccc4c4c5c6ccccc6ccc5n3c24)cc(C(C)(C)C)c1. The van der Waals surface area contributed by atoms with E-state index in [1.807, 2.05) is 0 Å². The number of aromatic nitrogens is 1. The molecule has 0 bridgehead atoms. The zero-order valence-electron chi connectivity index (χ0n) is 48.6. The van der Waals surface area contributed by atoms with Gasteiger partial charge in [-0.1, -0.05) is 230 Å². The largest absolute Gasteiger partial charge is 0.375 e. The van der Waals surface area contributed by atoms with Crippen molar-refractivity contribution in [2.45, 2.75) is 65.2 Å². The highest BCUT2D eigenvalue weighted by molar-refractivity contribution is 6.90. The van der Waals surface area contributed by atoms with Crippen molar-refractivity contribution < 1.29 is 0 Å². The molecule has 402 valence electrons. The van der Waals surface area contributed by atoms with E-state index in [0.717, 1.165) is 29.9 Å². The summed E-state index contributed by atoms with van der Waals surface area (Å²) < 4.78 is 2.79. The summed E-state index contributed by atoms with van der Waals surface area (Å²) >= 11 is 0. The number of para-hydroxylation sites is 2. The molecule has 0 amide bonds. The fourth-order valence-corrected chi connectivity index (χ4v) is 14.4. The van der Waals surface area contributed by atoms with Gasteiger partial charge in [-0.2, -0.15) is 0 Å². The fraction of sp³-hybridized carbons (Fsp3) is 0.125. The quantitative estimate of drug-likeness (QED) is 0.111. The van der Waals surface area contributed by atoms with Crippen LogP contribution in [-0.4, -0.2) is 11.3 Å². The summed E-state index contributed by atoms with van der Waals surface area (Å²) in [6.45, 7) is 14.0. The maximum absolute atomic E-state index is 2.79. The molecule has 0 saturated carbocycles. The van der Waals surface area contributed by atoms with Gasteiger partial charge in [0.05, 0.1) is 0 Å². The van der Waals surface area contributed by atoms with Crippen LogP contribution in [0.5, 0.6) is 0 Å². The van der Waals surface area contributed by atoms with Gasteiger partial charge in [0.15, 0.2) is 0 Å². The van der Waals surface area contributed by atoms with Gasteiger partial charge >= 0.3 is 6.85 Å². The van der Waals surface area contributed by atoms with Gasteiger partial charge in [-0.15, -0.1) is 0 Å². The summed E-state index contributed by atoms with van der Waals surface area (Å²) in [6.07, 6.45) is 1.60. The van der Waals surface area contributed by atoms with Crippen LogP contribution in [0.15, 0.2) is 255 Å². The Morgan fingerprint density at radius 2 is 0.881 bits per heavy atom. The molecule has 0 saturated heterocycles. The zero-order chi connectivity index (χ0) is 56.6.